The number of rotatable bonds is 5. The van der Waals surface area contributed by atoms with Crippen molar-refractivity contribution in [1.82, 2.24) is 5.32 Å². The highest BCUT2D eigenvalue weighted by atomic mass is 79.9. The molecule has 3 rings (SSSR count). The number of furan rings is 1. The van der Waals surface area contributed by atoms with Crippen molar-refractivity contribution in [1.29, 1.82) is 0 Å². The predicted molar refractivity (Wildman–Crippen MR) is 97.2 cm³/mol. The fourth-order valence-corrected chi connectivity index (χ4v) is 2.92. The van der Waals surface area contributed by atoms with E-state index in [2.05, 4.69) is 21.2 Å². The second kappa shape index (κ2) is 7.53. The van der Waals surface area contributed by atoms with Crippen LogP contribution in [0.25, 0.3) is 10.8 Å². The molecule has 0 fully saturated rings. The molecule has 0 aliphatic rings. The standard InChI is InChI=1S/C19H16BrNO4/c1-12(14-8-4-6-13-5-2-3-7-15(13)14)21-18(22)11-24-19(23)16-9-10-17(20)25-16/h2-10,12H,11H2,1H3,(H,21,22). The van der Waals surface area contributed by atoms with Gasteiger partial charge in [-0.1, -0.05) is 42.5 Å². The first-order chi connectivity index (χ1) is 12.0. The molecule has 1 N–H and O–H groups in total. The van der Waals surface area contributed by atoms with Crippen LogP contribution in [0.15, 0.2) is 63.7 Å². The van der Waals surface area contributed by atoms with Crippen molar-refractivity contribution < 1.29 is 18.7 Å². The van der Waals surface area contributed by atoms with E-state index in [-0.39, 0.29) is 24.3 Å². The van der Waals surface area contributed by atoms with Crippen molar-refractivity contribution in [3.63, 3.8) is 0 Å². The molecular formula is C19H16BrNO4. The zero-order valence-corrected chi connectivity index (χ0v) is 15.1. The molecule has 5 nitrogen and oxygen atoms in total. The van der Waals surface area contributed by atoms with Gasteiger partial charge in [0.15, 0.2) is 11.3 Å². The first-order valence-corrected chi connectivity index (χ1v) is 8.53. The third-order valence-corrected chi connectivity index (χ3v) is 4.20. The summed E-state index contributed by atoms with van der Waals surface area (Å²) in [6.45, 7) is 1.53. The number of hydrogen-bond donors (Lipinski definition) is 1. The van der Waals surface area contributed by atoms with E-state index < -0.39 is 5.97 Å². The normalized spacial score (nSPS) is 11.9. The highest BCUT2D eigenvalue weighted by Crippen LogP contribution is 2.24. The summed E-state index contributed by atoms with van der Waals surface area (Å²) >= 11 is 3.11. The summed E-state index contributed by atoms with van der Waals surface area (Å²) < 4.78 is 10.5. The summed E-state index contributed by atoms with van der Waals surface area (Å²) in [7, 11) is 0. The van der Waals surface area contributed by atoms with E-state index >= 15 is 0 Å². The molecule has 0 saturated heterocycles. The van der Waals surface area contributed by atoms with Gasteiger partial charge in [0, 0.05) is 0 Å². The number of fused-ring (bicyclic) bond motifs is 1. The maximum absolute atomic E-state index is 12.1. The molecule has 1 aromatic heterocycles. The lowest BCUT2D eigenvalue weighted by Gasteiger charge is -2.16. The Bertz CT molecular complexity index is 913. The van der Waals surface area contributed by atoms with Gasteiger partial charge >= 0.3 is 5.97 Å². The quantitative estimate of drug-likeness (QED) is 0.649. The third-order valence-electron chi connectivity index (χ3n) is 3.78. The highest BCUT2D eigenvalue weighted by molar-refractivity contribution is 9.10. The molecule has 0 spiro atoms. The van der Waals surface area contributed by atoms with Gasteiger partial charge in [0.1, 0.15) is 0 Å². The molecule has 1 atom stereocenters. The molecule has 1 unspecified atom stereocenters. The smallest absolute Gasteiger partial charge is 0.374 e. The topological polar surface area (TPSA) is 68.5 Å². The van der Waals surface area contributed by atoms with Gasteiger partial charge < -0.3 is 14.5 Å². The van der Waals surface area contributed by atoms with Crippen LogP contribution in [0, 0.1) is 0 Å². The second-order valence-electron chi connectivity index (χ2n) is 5.54. The van der Waals surface area contributed by atoms with E-state index in [9.17, 15) is 9.59 Å². The van der Waals surface area contributed by atoms with Crippen molar-refractivity contribution in [3.05, 3.63) is 70.6 Å². The van der Waals surface area contributed by atoms with Gasteiger partial charge in [-0.3, -0.25) is 4.79 Å². The summed E-state index contributed by atoms with van der Waals surface area (Å²) in [6, 6.07) is 16.8. The number of benzene rings is 2. The zero-order chi connectivity index (χ0) is 17.8. The van der Waals surface area contributed by atoms with Gasteiger partial charge in [-0.05, 0) is 51.3 Å². The number of esters is 1. The van der Waals surface area contributed by atoms with Crippen molar-refractivity contribution in [2.75, 3.05) is 6.61 Å². The van der Waals surface area contributed by atoms with Gasteiger partial charge in [-0.15, -0.1) is 0 Å². The molecule has 0 saturated carbocycles. The van der Waals surface area contributed by atoms with Gasteiger partial charge in [0.05, 0.1) is 6.04 Å². The molecular weight excluding hydrogens is 386 g/mol. The highest BCUT2D eigenvalue weighted by Gasteiger charge is 2.16. The average Bonchev–Trinajstić information content (AvgIpc) is 3.05. The van der Waals surface area contributed by atoms with E-state index in [1.807, 2.05) is 49.4 Å². The minimum atomic E-state index is -0.682. The molecule has 1 heterocycles. The minimum Gasteiger partial charge on any atom is -0.450 e. The number of carbonyl (C=O) groups excluding carboxylic acids is 2. The largest absolute Gasteiger partial charge is 0.450 e. The Balaban J connectivity index is 1.61. The van der Waals surface area contributed by atoms with Crippen LogP contribution in [0.3, 0.4) is 0 Å². The van der Waals surface area contributed by atoms with Crippen molar-refractivity contribution >= 4 is 38.6 Å². The van der Waals surface area contributed by atoms with Gasteiger partial charge in [-0.25, -0.2) is 4.79 Å². The number of ether oxygens (including phenoxy) is 1. The van der Waals surface area contributed by atoms with Gasteiger partial charge in [0.25, 0.3) is 5.91 Å². The van der Waals surface area contributed by atoms with Crippen LogP contribution in [0.2, 0.25) is 0 Å². The number of hydrogen-bond acceptors (Lipinski definition) is 4. The monoisotopic (exact) mass is 401 g/mol. The Labute approximate surface area is 153 Å². The van der Waals surface area contributed by atoms with E-state index in [4.69, 9.17) is 9.15 Å². The lowest BCUT2D eigenvalue weighted by Crippen LogP contribution is -2.31. The van der Waals surface area contributed by atoms with Crippen LogP contribution < -0.4 is 5.32 Å². The van der Waals surface area contributed by atoms with E-state index in [0.717, 1.165) is 16.3 Å². The molecule has 3 aromatic rings. The fourth-order valence-electron chi connectivity index (χ4n) is 2.62. The van der Waals surface area contributed by atoms with Crippen LogP contribution in [0.1, 0.15) is 29.1 Å². The first-order valence-electron chi connectivity index (χ1n) is 7.74. The summed E-state index contributed by atoms with van der Waals surface area (Å²) in [5, 5.41) is 5.03. The van der Waals surface area contributed by atoms with Crippen molar-refractivity contribution in [2.24, 2.45) is 0 Å². The van der Waals surface area contributed by atoms with E-state index in [1.54, 1.807) is 6.07 Å². The Morgan fingerprint density at radius 3 is 2.64 bits per heavy atom. The van der Waals surface area contributed by atoms with Crippen LogP contribution in [-0.2, 0) is 9.53 Å². The molecule has 0 bridgehead atoms. The fraction of sp³-hybridized carbons (Fsp3) is 0.158. The summed E-state index contributed by atoms with van der Waals surface area (Å²) in [6.07, 6.45) is 0. The first kappa shape index (κ1) is 17.2. The van der Waals surface area contributed by atoms with Crippen LogP contribution in [0.4, 0.5) is 0 Å². The Kier molecular flexibility index (Phi) is 5.19. The minimum absolute atomic E-state index is 0.0433. The Hall–Kier alpha value is -2.60. The van der Waals surface area contributed by atoms with Gasteiger partial charge in [0.2, 0.25) is 5.76 Å². The van der Waals surface area contributed by atoms with Crippen LogP contribution in [0.5, 0.6) is 0 Å². The lowest BCUT2D eigenvalue weighted by atomic mass is 10.00. The zero-order valence-electron chi connectivity index (χ0n) is 13.5. The maximum atomic E-state index is 12.1. The molecule has 0 aliphatic heterocycles. The van der Waals surface area contributed by atoms with Crippen molar-refractivity contribution in [3.8, 4) is 0 Å². The SMILES string of the molecule is CC(NC(=O)COC(=O)c1ccc(Br)o1)c1cccc2ccccc12. The number of nitrogens with one attached hydrogen (secondary N) is 1. The van der Waals surface area contributed by atoms with Crippen molar-refractivity contribution in [2.45, 2.75) is 13.0 Å². The molecule has 25 heavy (non-hydrogen) atoms. The van der Waals surface area contributed by atoms with Gasteiger partial charge in [-0.2, -0.15) is 0 Å². The second-order valence-corrected chi connectivity index (χ2v) is 6.32. The molecule has 6 heteroatoms. The molecule has 0 aliphatic carbocycles. The van der Waals surface area contributed by atoms with E-state index in [0.29, 0.717) is 4.67 Å². The molecule has 0 radical (unpaired) electrons. The lowest BCUT2D eigenvalue weighted by molar-refractivity contribution is -0.124. The van der Waals surface area contributed by atoms with Crippen LogP contribution >= 0.6 is 15.9 Å². The molecule has 1 amide bonds. The maximum Gasteiger partial charge on any atom is 0.374 e. The average molecular weight is 402 g/mol. The summed E-state index contributed by atoms with van der Waals surface area (Å²) in [4.78, 5) is 23.9. The summed E-state index contributed by atoms with van der Waals surface area (Å²) in [5.41, 5.74) is 1.01. The number of amides is 1. The molecule has 128 valence electrons. The number of carbonyl (C=O) groups is 2. The summed E-state index contributed by atoms with van der Waals surface area (Å²) in [5.74, 6) is -1.01. The van der Waals surface area contributed by atoms with E-state index in [1.165, 1.54) is 6.07 Å². The Morgan fingerprint density at radius 2 is 1.88 bits per heavy atom. The van der Waals surface area contributed by atoms with Crippen LogP contribution in [-0.4, -0.2) is 18.5 Å². The predicted octanol–water partition coefficient (Wildman–Crippen LogP) is 4.23. The Morgan fingerprint density at radius 1 is 1.12 bits per heavy atom. The third kappa shape index (κ3) is 4.09. The molecule has 2 aromatic carbocycles. The number of halogens is 1.